The Hall–Kier alpha value is -1.13. The van der Waals surface area contributed by atoms with E-state index in [0.717, 1.165) is 0 Å². The maximum Gasteiger partial charge on any atom is 0.339 e. The molecular weight excluding hydrogens is 243 g/mol. The molecule has 0 spiro atoms. The molecule has 0 saturated heterocycles. The fourth-order valence-corrected chi connectivity index (χ4v) is 1.42. The maximum atomic E-state index is 11.3. The van der Waals surface area contributed by atoms with Crippen molar-refractivity contribution in [2.24, 2.45) is 0 Å². The molecule has 1 aromatic rings. The topological polar surface area (TPSA) is 66.8 Å². The van der Waals surface area contributed by atoms with Crippen molar-refractivity contribution < 1.29 is 28.0 Å². The van der Waals surface area contributed by atoms with Crippen LogP contribution in [0.2, 0.25) is 10.0 Å². The molecule has 0 aliphatic rings. The first-order valence-electron chi connectivity index (χ1n) is 6.44. The fraction of sp³-hybridized carbons (Fsp3) is 0.222. The van der Waals surface area contributed by atoms with Gasteiger partial charge in [-0.05, 0) is 12.4 Å². The highest BCUT2D eigenvalue weighted by Gasteiger charge is 2.24. The van der Waals surface area contributed by atoms with E-state index < -0.39 is 52.5 Å². The van der Waals surface area contributed by atoms with Gasteiger partial charge >= 0.3 is 5.97 Å². The average Bonchev–Trinajstić information content (AvgIpc) is 2.25. The zero-order valence-electron chi connectivity index (χ0n) is 13.0. The molecule has 4 nitrogen and oxygen atoms in total. The van der Waals surface area contributed by atoms with E-state index in [4.69, 9.17) is 36.5 Å². The molecule has 0 heterocycles. The van der Waals surface area contributed by atoms with Crippen molar-refractivity contribution in [3.63, 3.8) is 0 Å². The standard InChI is InChI=1S/C9H8Cl2O4/c1-3-4(9(13)14)8(15-2)6(11)7(12)5(3)10/h12H,1-2H3,(H,13,14)/i1D3,2D3. The molecule has 0 radical (unpaired) electrons. The van der Waals surface area contributed by atoms with Gasteiger partial charge in [0.05, 0.1) is 16.2 Å². The van der Waals surface area contributed by atoms with Gasteiger partial charge in [0, 0.05) is 4.11 Å². The van der Waals surface area contributed by atoms with Crippen LogP contribution in [0, 0.1) is 6.85 Å². The van der Waals surface area contributed by atoms with Crippen LogP contribution in [0.25, 0.3) is 0 Å². The minimum Gasteiger partial charge on any atom is -0.505 e. The smallest absolute Gasteiger partial charge is 0.339 e. The van der Waals surface area contributed by atoms with Crippen LogP contribution in [0.1, 0.15) is 24.1 Å². The number of phenols is 1. The van der Waals surface area contributed by atoms with Crippen LogP contribution < -0.4 is 4.74 Å². The molecule has 0 aliphatic carbocycles. The molecule has 0 aliphatic heterocycles. The highest BCUT2D eigenvalue weighted by Crippen LogP contribution is 2.44. The number of carboxylic acid groups (broad SMARTS) is 1. The number of hydrogen-bond acceptors (Lipinski definition) is 3. The number of phenolic OH excluding ortho intramolecular Hbond substituents is 1. The second-order valence-corrected chi connectivity index (χ2v) is 3.22. The minimum atomic E-state index is -3.11. The predicted molar refractivity (Wildman–Crippen MR) is 56.4 cm³/mol. The molecule has 0 atom stereocenters. The van der Waals surface area contributed by atoms with E-state index in [9.17, 15) is 9.90 Å². The fourth-order valence-electron chi connectivity index (χ4n) is 0.955. The SMILES string of the molecule is [2H]C([2H])([2H])Oc1c(Cl)c(O)c(Cl)c(C([2H])([2H])[2H])c1C(=O)O. The summed E-state index contributed by atoms with van der Waals surface area (Å²) in [7, 11) is -3.11. The van der Waals surface area contributed by atoms with Crippen molar-refractivity contribution in [2.75, 3.05) is 7.04 Å². The lowest BCUT2D eigenvalue weighted by molar-refractivity contribution is 0.0692. The van der Waals surface area contributed by atoms with Crippen molar-refractivity contribution in [1.29, 1.82) is 0 Å². The molecule has 0 bridgehead atoms. The van der Waals surface area contributed by atoms with Crippen LogP contribution in [0.5, 0.6) is 11.5 Å². The highest BCUT2D eigenvalue weighted by atomic mass is 35.5. The van der Waals surface area contributed by atoms with Gasteiger partial charge in [-0.1, -0.05) is 23.2 Å². The molecule has 1 aromatic carbocycles. The van der Waals surface area contributed by atoms with Crippen LogP contribution in [0.3, 0.4) is 0 Å². The second kappa shape index (κ2) is 4.16. The first kappa shape index (κ1) is 5.82. The third-order valence-corrected chi connectivity index (χ3v) is 2.35. The van der Waals surface area contributed by atoms with Gasteiger partial charge in [0.2, 0.25) is 0 Å². The number of benzene rings is 1. The first-order chi connectivity index (χ1) is 9.27. The molecule has 1 rings (SSSR count). The molecule has 2 N–H and O–H groups in total. The second-order valence-electron chi connectivity index (χ2n) is 2.46. The summed E-state index contributed by atoms with van der Waals surface area (Å²) in [6.07, 6.45) is 0. The normalized spacial score (nSPS) is 17.7. The lowest BCUT2D eigenvalue weighted by Gasteiger charge is -2.13. The van der Waals surface area contributed by atoms with Crippen LogP contribution >= 0.6 is 23.2 Å². The zero-order valence-corrected chi connectivity index (χ0v) is 8.48. The van der Waals surface area contributed by atoms with Gasteiger partial charge in [-0.3, -0.25) is 0 Å². The average molecular weight is 257 g/mol. The van der Waals surface area contributed by atoms with Crippen molar-refractivity contribution in [1.82, 2.24) is 0 Å². The first-order valence-corrected chi connectivity index (χ1v) is 4.19. The minimum absolute atomic E-state index is 0.804. The van der Waals surface area contributed by atoms with Gasteiger partial charge in [0.1, 0.15) is 10.6 Å². The third kappa shape index (κ3) is 1.82. The van der Waals surface area contributed by atoms with Crippen LogP contribution in [-0.4, -0.2) is 23.2 Å². The Balaban J connectivity index is 3.87. The van der Waals surface area contributed by atoms with E-state index in [1.54, 1.807) is 0 Å². The van der Waals surface area contributed by atoms with Crippen molar-refractivity contribution in [3.05, 3.63) is 21.2 Å². The van der Waals surface area contributed by atoms with Crippen molar-refractivity contribution >= 4 is 29.2 Å². The molecule has 0 fully saturated rings. The van der Waals surface area contributed by atoms with E-state index in [2.05, 4.69) is 4.74 Å². The summed E-state index contributed by atoms with van der Waals surface area (Å²) in [5, 5.41) is 17.2. The molecule has 0 unspecified atom stereocenters. The van der Waals surface area contributed by atoms with Crippen molar-refractivity contribution in [2.45, 2.75) is 6.85 Å². The molecule has 6 heteroatoms. The molecular formula is C9H8Cl2O4. The van der Waals surface area contributed by atoms with Crippen molar-refractivity contribution in [3.8, 4) is 11.5 Å². The van der Waals surface area contributed by atoms with Gasteiger partial charge in [-0.2, -0.15) is 0 Å². The van der Waals surface area contributed by atoms with E-state index in [0.29, 0.717) is 0 Å². The van der Waals surface area contributed by atoms with Gasteiger partial charge in [-0.25, -0.2) is 4.79 Å². The van der Waals surface area contributed by atoms with Crippen LogP contribution in [-0.2, 0) is 0 Å². The molecule has 0 amide bonds. The molecule has 82 valence electrons. The number of carboxylic acids is 1. The predicted octanol–water partition coefficient (Wildman–Crippen LogP) is 2.71. The van der Waals surface area contributed by atoms with Crippen LogP contribution in [0.4, 0.5) is 0 Å². The van der Waals surface area contributed by atoms with E-state index >= 15 is 0 Å². The summed E-state index contributed by atoms with van der Waals surface area (Å²) >= 11 is 11.2. The Kier molecular flexibility index (Phi) is 1.62. The summed E-state index contributed by atoms with van der Waals surface area (Å²) < 4.78 is 47.1. The molecule has 15 heavy (non-hydrogen) atoms. The Morgan fingerprint density at radius 1 is 1.47 bits per heavy atom. The lowest BCUT2D eigenvalue weighted by atomic mass is 10.1. The summed E-state index contributed by atoms with van der Waals surface area (Å²) in [5.41, 5.74) is -2.00. The van der Waals surface area contributed by atoms with Gasteiger partial charge in [0.15, 0.2) is 11.5 Å². The largest absolute Gasteiger partial charge is 0.505 e. The monoisotopic (exact) mass is 256 g/mol. The number of aromatic carboxylic acids is 1. The molecule has 0 saturated carbocycles. The zero-order chi connectivity index (χ0) is 16.7. The van der Waals surface area contributed by atoms with Gasteiger partial charge in [-0.15, -0.1) is 0 Å². The Bertz CT molecular complexity index is 596. The number of ether oxygens (including phenoxy) is 1. The summed E-state index contributed by atoms with van der Waals surface area (Å²) in [4.78, 5) is 11.3. The number of aromatic hydroxyl groups is 1. The number of hydrogen-bond donors (Lipinski definition) is 2. The number of rotatable bonds is 2. The van der Waals surface area contributed by atoms with E-state index in [1.165, 1.54) is 0 Å². The summed E-state index contributed by atoms with van der Waals surface area (Å²) in [5.74, 6) is -3.78. The number of carbonyl (C=O) groups is 1. The van der Waals surface area contributed by atoms with E-state index in [-0.39, 0.29) is 0 Å². The number of halogens is 2. The highest BCUT2D eigenvalue weighted by molar-refractivity contribution is 6.39. The lowest BCUT2D eigenvalue weighted by Crippen LogP contribution is -2.04. The van der Waals surface area contributed by atoms with Crippen LogP contribution in [0.15, 0.2) is 0 Å². The summed E-state index contributed by atoms with van der Waals surface area (Å²) in [6, 6.07) is 0. The summed E-state index contributed by atoms with van der Waals surface area (Å²) in [6.45, 7) is -3.04. The molecule has 0 aromatic heterocycles. The Morgan fingerprint density at radius 2 is 2.13 bits per heavy atom. The quantitative estimate of drug-likeness (QED) is 0.854. The Morgan fingerprint density at radius 3 is 2.60 bits per heavy atom. The number of methoxy groups -OCH3 is 1. The van der Waals surface area contributed by atoms with E-state index in [1.807, 2.05) is 0 Å². The Labute approximate surface area is 104 Å². The maximum absolute atomic E-state index is 11.3. The third-order valence-electron chi connectivity index (χ3n) is 1.63. The van der Waals surface area contributed by atoms with Gasteiger partial charge < -0.3 is 14.9 Å². The van der Waals surface area contributed by atoms with Gasteiger partial charge in [0.25, 0.3) is 0 Å².